The van der Waals surface area contributed by atoms with Crippen LogP contribution < -0.4 is 0 Å². The summed E-state index contributed by atoms with van der Waals surface area (Å²) in [6.45, 7) is 3.85. The van der Waals surface area contributed by atoms with Crippen LogP contribution in [0.2, 0.25) is 0 Å². The highest BCUT2D eigenvalue weighted by atomic mass is 16.8. The summed E-state index contributed by atoms with van der Waals surface area (Å²) in [6, 6.07) is 0. The van der Waals surface area contributed by atoms with Crippen LogP contribution in [0.15, 0.2) is 0 Å². The Morgan fingerprint density at radius 1 is 1.36 bits per heavy atom. The van der Waals surface area contributed by atoms with E-state index in [0.717, 1.165) is 13.1 Å². The van der Waals surface area contributed by atoms with Crippen molar-refractivity contribution in [3.8, 4) is 0 Å². The molecule has 1 fully saturated rings. The van der Waals surface area contributed by atoms with E-state index in [1.807, 2.05) is 12.0 Å². The number of aliphatic hydroxyl groups excluding tert-OH is 1. The van der Waals surface area contributed by atoms with Crippen LogP contribution in [0.3, 0.4) is 0 Å². The number of hydrogen-bond donors (Lipinski definition) is 1. The van der Waals surface area contributed by atoms with E-state index < -0.39 is 6.29 Å². The molecule has 0 bridgehead atoms. The first kappa shape index (κ1) is 8.97. The Kier molecular flexibility index (Phi) is 3.83. The molecule has 1 aliphatic heterocycles. The second kappa shape index (κ2) is 4.70. The summed E-state index contributed by atoms with van der Waals surface area (Å²) in [6.07, 6.45) is 3.74. The van der Waals surface area contributed by atoms with E-state index in [9.17, 15) is 0 Å². The Morgan fingerprint density at radius 2 is 2.00 bits per heavy atom. The van der Waals surface area contributed by atoms with E-state index >= 15 is 0 Å². The zero-order valence-corrected chi connectivity index (χ0v) is 7.12. The minimum Gasteiger partial charge on any atom is -0.366 e. The Bertz CT molecular complexity index is 102. The van der Waals surface area contributed by atoms with Gasteiger partial charge in [0.15, 0.2) is 6.29 Å². The van der Waals surface area contributed by atoms with Crippen LogP contribution in [-0.4, -0.2) is 29.5 Å². The summed E-state index contributed by atoms with van der Waals surface area (Å²) >= 11 is 0. The fourth-order valence-electron chi connectivity index (χ4n) is 1.22. The van der Waals surface area contributed by atoms with E-state index in [1.165, 1.54) is 19.3 Å². The van der Waals surface area contributed by atoms with Crippen LogP contribution >= 0.6 is 0 Å². The largest absolute Gasteiger partial charge is 0.366 e. The molecule has 0 radical (unpaired) electrons. The van der Waals surface area contributed by atoms with Crippen molar-refractivity contribution in [2.45, 2.75) is 38.9 Å². The molecule has 1 atom stereocenters. The summed E-state index contributed by atoms with van der Waals surface area (Å²) in [5.41, 5.74) is 0. The molecule has 0 saturated carbocycles. The number of piperidine rings is 1. The molecule has 1 saturated heterocycles. The van der Waals surface area contributed by atoms with Gasteiger partial charge in [-0.05, 0) is 19.3 Å². The molecule has 1 rings (SSSR count). The molecule has 1 N–H and O–H groups in total. The molecular formula is C8H17NO2. The molecule has 3 heteroatoms. The van der Waals surface area contributed by atoms with Gasteiger partial charge >= 0.3 is 0 Å². The van der Waals surface area contributed by atoms with Gasteiger partial charge in [-0.15, -0.1) is 0 Å². The maximum Gasteiger partial charge on any atom is 0.174 e. The lowest BCUT2D eigenvalue weighted by Gasteiger charge is -2.27. The summed E-state index contributed by atoms with van der Waals surface area (Å²) in [5, 5.41) is 11.0. The van der Waals surface area contributed by atoms with E-state index in [1.54, 1.807) is 0 Å². The molecule has 0 aromatic rings. The lowest BCUT2D eigenvalue weighted by atomic mass is 10.2. The van der Waals surface area contributed by atoms with Gasteiger partial charge in [-0.25, -0.2) is 0 Å². The fourth-order valence-corrected chi connectivity index (χ4v) is 1.22. The monoisotopic (exact) mass is 159 g/mol. The van der Waals surface area contributed by atoms with Crippen molar-refractivity contribution in [1.82, 2.24) is 5.06 Å². The second-order valence-corrected chi connectivity index (χ2v) is 2.96. The van der Waals surface area contributed by atoms with Crippen molar-refractivity contribution in [2.24, 2.45) is 0 Å². The van der Waals surface area contributed by atoms with Crippen LogP contribution in [0.4, 0.5) is 0 Å². The maximum atomic E-state index is 9.15. The topological polar surface area (TPSA) is 32.7 Å². The van der Waals surface area contributed by atoms with Crippen molar-refractivity contribution < 1.29 is 9.94 Å². The van der Waals surface area contributed by atoms with E-state index in [-0.39, 0.29) is 0 Å². The molecule has 0 aliphatic carbocycles. The molecule has 1 aliphatic rings. The van der Waals surface area contributed by atoms with Crippen LogP contribution in [0.1, 0.15) is 32.6 Å². The first-order chi connectivity index (χ1) is 5.33. The van der Waals surface area contributed by atoms with Crippen LogP contribution in [0.5, 0.6) is 0 Å². The molecule has 0 amide bonds. The average molecular weight is 159 g/mol. The smallest absolute Gasteiger partial charge is 0.174 e. The quantitative estimate of drug-likeness (QED) is 0.627. The van der Waals surface area contributed by atoms with E-state index in [4.69, 9.17) is 9.94 Å². The lowest BCUT2D eigenvalue weighted by Crippen LogP contribution is -2.33. The van der Waals surface area contributed by atoms with Crippen molar-refractivity contribution in [3.63, 3.8) is 0 Å². The van der Waals surface area contributed by atoms with Gasteiger partial charge < -0.3 is 5.11 Å². The lowest BCUT2D eigenvalue weighted by molar-refractivity contribution is -0.269. The van der Waals surface area contributed by atoms with Gasteiger partial charge in [0, 0.05) is 13.1 Å². The third-order valence-electron chi connectivity index (χ3n) is 1.94. The van der Waals surface area contributed by atoms with Gasteiger partial charge in [-0.1, -0.05) is 13.3 Å². The molecule has 0 aromatic carbocycles. The van der Waals surface area contributed by atoms with Crippen molar-refractivity contribution >= 4 is 0 Å². The minimum atomic E-state index is -0.604. The third kappa shape index (κ3) is 3.18. The highest BCUT2D eigenvalue weighted by Gasteiger charge is 2.13. The Balaban J connectivity index is 2.13. The number of hydroxylamine groups is 2. The Hall–Kier alpha value is -0.120. The van der Waals surface area contributed by atoms with Gasteiger partial charge in [0.1, 0.15) is 0 Å². The molecule has 3 nitrogen and oxygen atoms in total. The fraction of sp³-hybridized carbons (Fsp3) is 1.00. The van der Waals surface area contributed by atoms with Crippen molar-refractivity contribution in [1.29, 1.82) is 0 Å². The van der Waals surface area contributed by atoms with Gasteiger partial charge in [-0.2, -0.15) is 5.06 Å². The summed E-state index contributed by atoms with van der Waals surface area (Å²) in [5.74, 6) is 0. The normalized spacial score (nSPS) is 23.5. The highest BCUT2D eigenvalue weighted by molar-refractivity contribution is 4.56. The average Bonchev–Trinajstić information content (AvgIpc) is 2.06. The summed E-state index contributed by atoms with van der Waals surface area (Å²) < 4.78 is 0. The van der Waals surface area contributed by atoms with Crippen molar-refractivity contribution in [3.05, 3.63) is 0 Å². The predicted molar refractivity (Wildman–Crippen MR) is 42.8 cm³/mol. The maximum absolute atomic E-state index is 9.15. The predicted octanol–water partition coefficient (Wildman–Crippen LogP) is 1.13. The van der Waals surface area contributed by atoms with Crippen LogP contribution in [-0.2, 0) is 4.84 Å². The van der Waals surface area contributed by atoms with Gasteiger partial charge in [0.05, 0.1) is 0 Å². The Morgan fingerprint density at radius 3 is 2.55 bits per heavy atom. The zero-order valence-electron chi connectivity index (χ0n) is 7.12. The van der Waals surface area contributed by atoms with Gasteiger partial charge in [0.2, 0.25) is 0 Å². The number of rotatable bonds is 3. The standard InChI is InChI=1S/C8H17NO2/c1-2-8(10)11-9-6-4-3-5-7-9/h8,10H,2-7H2,1H3. The first-order valence-electron chi connectivity index (χ1n) is 4.42. The molecular weight excluding hydrogens is 142 g/mol. The number of nitrogens with zero attached hydrogens (tertiary/aromatic N) is 1. The number of aliphatic hydroxyl groups is 1. The van der Waals surface area contributed by atoms with Crippen molar-refractivity contribution in [2.75, 3.05) is 13.1 Å². The zero-order chi connectivity index (χ0) is 8.10. The first-order valence-corrected chi connectivity index (χ1v) is 4.42. The minimum absolute atomic E-state index is 0.604. The Labute approximate surface area is 67.9 Å². The second-order valence-electron chi connectivity index (χ2n) is 2.96. The third-order valence-corrected chi connectivity index (χ3v) is 1.94. The molecule has 1 unspecified atom stereocenters. The molecule has 11 heavy (non-hydrogen) atoms. The van der Waals surface area contributed by atoms with E-state index in [0.29, 0.717) is 6.42 Å². The molecule has 0 spiro atoms. The molecule has 0 aromatic heterocycles. The molecule has 1 heterocycles. The number of hydrogen-bond acceptors (Lipinski definition) is 3. The van der Waals surface area contributed by atoms with Gasteiger partial charge in [0.25, 0.3) is 0 Å². The summed E-state index contributed by atoms with van der Waals surface area (Å²) in [4.78, 5) is 5.23. The molecule has 66 valence electrons. The summed E-state index contributed by atoms with van der Waals surface area (Å²) in [7, 11) is 0. The highest BCUT2D eigenvalue weighted by Crippen LogP contribution is 2.10. The SMILES string of the molecule is CCC(O)ON1CCCCC1. The van der Waals surface area contributed by atoms with E-state index in [2.05, 4.69) is 0 Å². The van der Waals surface area contributed by atoms with Gasteiger partial charge in [-0.3, -0.25) is 4.84 Å². The van der Waals surface area contributed by atoms with Crippen LogP contribution in [0.25, 0.3) is 0 Å². The van der Waals surface area contributed by atoms with Crippen LogP contribution in [0, 0.1) is 0 Å².